The molecule has 1 aromatic rings. The van der Waals surface area contributed by atoms with Gasteiger partial charge in [0.2, 0.25) is 0 Å². The lowest BCUT2D eigenvalue weighted by Crippen LogP contribution is -2.41. The highest BCUT2D eigenvalue weighted by Crippen LogP contribution is 2.28. The second-order valence-corrected chi connectivity index (χ2v) is 6.61. The first-order valence-corrected chi connectivity index (χ1v) is 8.22. The molecule has 2 fully saturated rings. The van der Waals surface area contributed by atoms with Crippen molar-refractivity contribution >= 4 is 5.82 Å². The number of hydrogen-bond acceptors (Lipinski definition) is 11. The number of rotatable bonds is 3. The molecule has 12 heteroatoms. The van der Waals surface area contributed by atoms with E-state index >= 15 is 0 Å². The summed E-state index contributed by atoms with van der Waals surface area (Å²) in [6.45, 7) is 0.857. The van der Waals surface area contributed by atoms with Crippen LogP contribution in [0.15, 0.2) is 17.1 Å². The third-order valence-corrected chi connectivity index (χ3v) is 4.40. The first-order chi connectivity index (χ1) is 12.6. The molecule has 3 rings (SSSR count). The van der Waals surface area contributed by atoms with Crippen molar-refractivity contribution in [3.05, 3.63) is 22.7 Å². The average molecular weight is 391 g/mol. The van der Waals surface area contributed by atoms with Gasteiger partial charge < -0.3 is 45.8 Å². The van der Waals surface area contributed by atoms with E-state index in [2.05, 4.69) is 4.98 Å². The Morgan fingerprint density at radius 1 is 1.26 bits per heavy atom. The van der Waals surface area contributed by atoms with Gasteiger partial charge in [-0.15, -0.1) is 0 Å². The van der Waals surface area contributed by atoms with Crippen molar-refractivity contribution in [2.24, 2.45) is 0 Å². The third-order valence-electron chi connectivity index (χ3n) is 4.40. The number of aliphatic hydroxyl groups is 6. The number of aromatic nitrogens is 2. The van der Waals surface area contributed by atoms with Crippen LogP contribution in [-0.2, 0) is 9.47 Å². The topological polar surface area (TPSA) is 201 Å². The summed E-state index contributed by atoms with van der Waals surface area (Å²) in [7, 11) is 0. The maximum atomic E-state index is 11.5. The quantitative estimate of drug-likeness (QED) is 0.264. The molecule has 3 heterocycles. The molecule has 0 bridgehead atoms. The molecule has 1 aromatic heterocycles. The van der Waals surface area contributed by atoms with Crippen molar-refractivity contribution in [3.63, 3.8) is 0 Å². The number of anilines is 1. The number of nitrogen functional groups attached to an aromatic ring is 1. The zero-order chi connectivity index (χ0) is 20.4. The molecule has 0 aromatic carbocycles. The molecule has 154 valence electrons. The molecule has 2 aliphatic rings. The van der Waals surface area contributed by atoms with Crippen LogP contribution >= 0.6 is 0 Å². The summed E-state index contributed by atoms with van der Waals surface area (Å²) >= 11 is 0. The SMILES string of the molecule is C[C@]1(O)CO[C@H](CO)[C@H]1O.Nc1ccn([C@@H]2O[C@H](CO)C(O)C2O)c(=O)n1. The minimum absolute atomic E-state index is 0.0537. The second kappa shape index (κ2) is 8.58. The van der Waals surface area contributed by atoms with Gasteiger partial charge in [-0.3, -0.25) is 4.57 Å². The van der Waals surface area contributed by atoms with E-state index in [1.165, 1.54) is 19.2 Å². The van der Waals surface area contributed by atoms with Crippen molar-refractivity contribution in [1.82, 2.24) is 9.55 Å². The summed E-state index contributed by atoms with van der Waals surface area (Å²) in [5.41, 5.74) is 3.43. The number of hydrogen-bond donors (Lipinski definition) is 7. The Morgan fingerprint density at radius 2 is 1.89 bits per heavy atom. The molecule has 7 atom stereocenters. The highest BCUT2D eigenvalue weighted by molar-refractivity contribution is 5.23. The summed E-state index contributed by atoms with van der Waals surface area (Å²) in [5, 5.41) is 55.2. The molecular formula is C15H25N3O9. The Labute approximate surface area is 154 Å². The molecule has 2 saturated heterocycles. The molecule has 27 heavy (non-hydrogen) atoms. The Morgan fingerprint density at radius 3 is 2.30 bits per heavy atom. The maximum Gasteiger partial charge on any atom is 0.351 e. The highest BCUT2D eigenvalue weighted by Gasteiger charge is 2.44. The predicted octanol–water partition coefficient (Wildman–Crippen LogP) is -4.07. The van der Waals surface area contributed by atoms with E-state index in [0.717, 1.165) is 4.57 Å². The van der Waals surface area contributed by atoms with Crippen LogP contribution < -0.4 is 11.4 Å². The highest BCUT2D eigenvalue weighted by atomic mass is 16.6. The van der Waals surface area contributed by atoms with Crippen LogP contribution in [-0.4, -0.2) is 96.1 Å². The number of nitrogens with zero attached hydrogens (tertiary/aromatic N) is 2. The zero-order valence-corrected chi connectivity index (χ0v) is 14.6. The first-order valence-electron chi connectivity index (χ1n) is 8.22. The van der Waals surface area contributed by atoms with E-state index in [1.807, 2.05) is 0 Å². The average Bonchev–Trinajstić information content (AvgIpc) is 3.05. The smallest absolute Gasteiger partial charge is 0.351 e. The lowest BCUT2D eigenvalue weighted by molar-refractivity contribution is -0.0549. The molecule has 0 spiro atoms. The Balaban J connectivity index is 0.000000223. The van der Waals surface area contributed by atoms with E-state index in [1.54, 1.807) is 0 Å². The molecule has 2 aliphatic heterocycles. The molecule has 8 N–H and O–H groups in total. The molecule has 0 amide bonds. The molecule has 2 unspecified atom stereocenters. The van der Waals surface area contributed by atoms with E-state index in [-0.39, 0.29) is 19.0 Å². The molecule has 0 saturated carbocycles. The fraction of sp³-hybridized carbons (Fsp3) is 0.733. The van der Waals surface area contributed by atoms with Gasteiger partial charge in [-0.25, -0.2) is 4.79 Å². The minimum Gasteiger partial charge on any atom is -0.394 e. The predicted molar refractivity (Wildman–Crippen MR) is 89.4 cm³/mol. The van der Waals surface area contributed by atoms with Gasteiger partial charge >= 0.3 is 5.69 Å². The summed E-state index contributed by atoms with van der Waals surface area (Å²) in [4.78, 5) is 15.0. The van der Waals surface area contributed by atoms with Gasteiger partial charge in [0.15, 0.2) is 6.23 Å². The van der Waals surface area contributed by atoms with Crippen molar-refractivity contribution in [1.29, 1.82) is 0 Å². The van der Waals surface area contributed by atoms with Crippen LogP contribution in [0.25, 0.3) is 0 Å². The molecular weight excluding hydrogens is 366 g/mol. The summed E-state index contributed by atoms with van der Waals surface area (Å²) < 4.78 is 11.1. The summed E-state index contributed by atoms with van der Waals surface area (Å²) in [6, 6.07) is 1.37. The fourth-order valence-corrected chi connectivity index (χ4v) is 2.73. The third kappa shape index (κ3) is 4.62. The largest absolute Gasteiger partial charge is 0.394 e. The van der Waals surface area contributed by atoms with Gasteiger partial charge in [0.1, 0.15) is 41.9 Å². The first kappa shape index (κ1) is 21.7. The standard InChI is InChI=1S/C9H13N3O5.C6H12O4/c10-5-1-2-12(9(16)11-5)8-7(15)6(14)4(3-13)17-8;1-6(9)3-10-4(2-7)5(6)8/h1-2,4,6-8,13-15H,3H2,(H2,10,11,16);4-5,7-9H,2-3H2,1H3/t4-,6?,7?,8-;4-,5-,6+/m11/s1. The molecule has 0 aliphatic carbocycles. The zero-order valence-electron chi connectivity index (χ0n) is 14.6. The minimum atomic E-state index is -1.31. The van der Waals surface area contributed by atoms with E-state index < -0.39 is 54.6 Å². The van der Waals surface area contributed by atoms with Crippen molar-refractivity contribution in [2.75, 3.05) is 25.6 Å². The second-order valence-electron chi connectivity index (χ2n) is 6.61. The van der Waals surface area contributed by atoms with E-state index in [4.69, 9.17) is 25.4 Å². The Kier molecular flexibility index (Phi) is 6.88. The number of nitrogens with two attached hydrogens (primary N) is 1. The fourth-order valence-electron chi connectivity index (χ4n) is 2.73. The summed E-state index contributed by atoms with van der Waals surface area (Å²) in [5.74, 6) is 0.0537. The monoisotopic (exact) mass is 391 g/mol. The van der Waals surface area contributed by atoms with Crippen LogP contribution in [0.2, 0.25) is 0 Å². The van der Waals surface area contributed by atoms with Crippen LogP contribution in [0.5, 0.6) is 0 Å². The normalized spacial score (nSPS) is 38.5. The van der Waals surface area contributed by atoms with Gasteiger partial charge in [0, 0.05) is 6.20 Å². The lowest BCUT2D eigenvalue weighted by Gasteiger charge is -2.19. The molecule has 0 radical (unpaired) electrons. The van der Waals surface area contributed by atoms with Crippen LogP contribution in [0.3, 0.4) is 0 Å². The summed E-state index contributed by atoms with van der Waals surface area (Å²) in [6.07, 6.45) is -4.87. The number of ether oxygens (including phenoxy) is 2. The van der Waals surface area contributed by atoms with Gasteiger partial charge in [-0.1, -0.05) is 0 Å². The van der Waals surface area contributed by atoms with Gasteiger partial charge in [-0.2, -0.15) is 4.98 Å². The van der Waals surface area contributed by atoms with Gasteiger partial charge in [0.25, 0.3) is 0 Å². The van der Waals surface area contributed by atoms with Crippen molar-refractivity contribution in [3.8, 4) is 0 Å². The van der Waals surface area contributed by atoms with E-state index in [9.17, 15) is 25.2 Å². The van der Waals surface area contributed by atoms with Crippen LogP contribution in [0.1, 0.15) is 13.2 Å². The van der Waals surface area contributed by atoms with Crippen molar-refractivity contribution < 1.29 is 40.1 Å². The maximum absolute atomic E-state index is 11.5. The number of aliphatic hydroxyl groups excluding tert-OH is 5. The Bertz CT molecular complexity index is 683. The molecule has 12 nitrogen and oxygen atoms in total. The van der Waals surface area contributed by atoms with Crippen molar-refractivity contribution in [2.45, 2.75) is 49.3 Å². The van der Waals surface area contributed by atoms with Gasteiger partial charge in [0.05, 0.1) is 19.8 Å². The van der Waals surface area contributed by atoms with Crippen LogP contribution in [0, 0.1) is 0 Å². The lowest BCUT2D eigenvalue weighted by atomic mass is 10.00. The Hall–Kier alpha value is -1.64. The van der Waals surface area contributed by atoms with Gasteiger partial charge in [-0.05, 0) is 13.0 Å². The van der Waals surface area contributed by atoms with E-state index in [0.29, 0.717) is 0 Å². The van der Waals surface area contributed by atoms with Crippen LogP contribution in [0.4, 0.5) is 5.82 Å².